The molecule has 0 heterocycles. The number of hydrogen-bond acceptors (Lipinski definition) is 7. The van der Waals surface area contributed by atoms with Gasteiger partial charge in [-0.2, -0.15) is 0 Å². The Morgan fingerprint density at radius 2 is 1.02 bits per heavy atom. The summed E-state index contributed by atoms with van der Waals surface area (Å²) >= 11 is 0. The lowest BCUT2D eigenvalue weighted by Crippen LogP contribution is -2.11. The third-order valence-corrected chi connectivity index (χ3v) is 8.77. The standard InChI is InChI=1S/C43H56O7/c1-4-34(3)33-49-42(45)37-21-19-35(20-22-37)36-23-29-40(30-24-36)50-43(46)38-25-27-39(28-26-38)47-31-17-15-13-11-9-7-6-8-10-12-14-16-18-32-48-41(44)5-2/h5,19-30,34H,2,4,6-18,31-33H2,1,3H3. The van der Waals surface area contributed by atoms with Crippen LogP contribution in [0.2, 0.25) is 0 Å². The Balaban J connectivity index is 1.22. The topological polar surface area (TPSA) is 88.1 Å². The van der Waals surface area contributed by atoms with Crippen molar-refractivity contribution >= 4 is 17.9 Å². The molecule has 7 heteroatoms. The Labute approximate surface area is 299 Å². The van der Waals surface area contributed by atoms with E-state index in [1.54, 1.807) is 36.4 Å². The Morgan fingerprint density at radius 1 is 0.580 bits per heavy atom. The Kier molecular flexibility index (Phi) is 19.1. The molecule has 0 aliphatic rings. The maximum atomic E-state index is 12.7. The molecule has 0 radical (unpaired) electrons. The number of rotatable bonds is 25. The predicted octanol–water partition coefficient (Wildman–Crippen LogP) is 11.0. The van der Waals surface area contributed by atoms with Crippen LogP contribution in [0.25, 0.3) is 11.1 Å². The van der Waals surface area contributed by atoms with Gasteiger partial charge in [0.05, 0.1) is 30.9 Å². The highest BCUT2D eigenvalue weighted by molar-refractivity contribution is 5.91. The number of carbonyl (C=O) groups excluding carboxylic acids is 3. The van der Waals surface area contributed by atoms with E-state index in [1.165, 1.54) is 63.9 Å². The summed E-state index contributed by atoms with van der Waals surface area (Å²) in [5, 5.41) is 0. The molecular formula is C43H56O7. The summed E-state index contributed by atoms with van der Waals surface area (Å²) in [6.07, 6.45) is 17.9. The fourth-order valence-corrected chi connectivity index (χ4v) is 5.36. The van der Waals surface area contributed by atoms with Gasteiger partial charge in [-0.25, -0.2) is 14.4 Å². The first-order valence-electron chi connectivity index (χ1n) is 18.5. The zero-order valence-corrected chi connectivity index (χ0v) is 30.2. The van der Waals surface area contributed by atoms with Gasteiger partial charge in [0.1, 0.15) is 11.5 Å². The highest BCUT2D eigenvalue weighted by Crippen LogP contribution is 2.24. The number of benzene rings is 3. The molecule has 0 amide bonds. The predicted molar refractivity (Wildman–Crippen MR) is 200 cm³/mol. The number of unbranched alkanes of at least 4 members (excludes halogenated alkanes) is 12. The van der Waals surface area contributed by atoms with Crippen LogP contribution in [0.15, 0.2) is 85.5 Å². The average molecular weight is 685 g/mol. The van der Waals surface area contributed by atoms with Gasteiger partial charge in [0, 0.05) is 6.08 Å². The maximum absolute atomic E-state index is 12.7. The molecule has 7 nitrogen and oxygen atoms in total. The maximum Gasteiger partial charge on any atom is 0.343 e. The number of hydrogen-bond donors (Lipinski definition) is 0. The number of ether oxygens (including phenoxy) is 4. The lowest BCUT2D eigenvalue weighted by molar-refractivity contribution is -0.137. The minimum Gasteiger partial charge on any atom is -0.494 e. The van der Waals surface area contributed by atoms with Crippen LogP contribution in [0.1, 0.15) is 124 Å². The van der Waals surface area contributed by atoms with Crippen molar-refractivity contribution in [1.29, 1.82) is 0 Å². The van der Waals surface area contributed by atoms with Gasteiger partial charge in [-0.3, -0.25) is 0 Å². The Morgan fingerprint density at radius 3 is 1.54 bits per heavy atom. The van der Waals surface area contributed by atoms with E-state index >= 15 is 0 Å². The first kappa shape index (κ1) is 40.0. The monoisotopic (exact) mass is 684 g/mol. The van der Waals surface area contributed by atoms with Crippen molar-refractivity contribution in [2.24, 2.45) is 5.92 Å². The highest BCUT2D eigenvalue weighted by Gasteiger charge is 2.11. The fourth-order valence-electron chi connectivity index (χ4n) is 5.36. The molecule has 0 saturated carbocycles. The third kappa shape index (κ3) is 15.9. The summed E-state index contributed by atoms with van der Waals surface area (Å²) < 4.78 is 21.8. The zero-order valence-electron chi connectivity index (χ0n) is 30.2. The minimum atomic E-state index is -0.426. The van der Waals surface area contributed by atoms with Gasteiger partial charge in [0.25, 0.3) is 0 Å². The minimum absolute atomic E-state index is 0.314. The van der Waals surface area contributed by atoms with Crippen molar-refractivity contribution in [2.75, 3.05) is 19.8 Å². The molecule has 1 unspecified atom stereocenters. The second kappa shape index (κ2) is 23.9. The summed E-state index contributed by atoms with van der Waals surface area (Å²) in [7, 11) is 0. The molecule has 3 rings (SSSR count). The quantitative estimate of drug-likeness (QED) is 0.0380. The normalized spacial score (nSPS) is 11.4. The van der Waals surface area contributed by atoms with Crippen LogP contribution >= 0.6 is 0 Å². The summed E-state index contributed by atoms with van der Waals surface area (Å²) in [5.74, 6) is 0.471. The molecule has 1 atom stereocenters. The largest absolute Gasteiger partial charge is 0.494 e. The van der Waals surface area contributed by atoms with Gasteiger partial charge in [-0.1, -0.05) is 122 Å². The fraction of sp³-hybridized carbons (Fsp3) is 0.465. The first-order chi connectivity index (χ1) is 24.4. The van der Waals surface area contributed by atoms with Gasteiger partial charge in [0.2, 0.25) is 0 Å². The van der Waals surface area contributed by atoms with Crippen LogP contribution < -0.4 is 9.47 Å². The molecule has 0 spiro atoms. The average Bonchev–Trinajstić information content (AvgIpc) is 3.15. The molecule has 0 aromatic heterocycles. The van der Waals surface area contributed by atoms with Crippen LogP contribution in [0.5, 0.6) is 11.5 Å². The van der Waals surface area contributed by atoms with Crippen LogP contribution in [0.4, 0.5) is 0 Å². The van der Waals surface area contributed by atoms with Crippen molar-refractivity contribution in [3.8, 4) is 22.6 Å². The van der Waals surface area contributed by atoms with E-state index in [9.17, 15) is 14.4 Å². The first-order valence-corrected chi connectivity index (χ1v) is 18.5. The van der Waals surface area contributed by atoms with Gasteiger partial charge in [-0.05, 0) is 78.4 Å². The third-order valence-electron chi connectivity index (χ3n) is 8.77. The van der Waals surface area contributed by atoms with Gasteiger partial charge < -0.3 is 18.9 Å². The van der Waals surface area contributed by atoms with E-state index in [0.29, 0.717) is 42.6 Å². The lowest BCUT2D eigenvalue weighted by Gasteiger charge is -2.10. The van der Waals surface area contributed by atoms with Crippen LogP contribution in [0.3, 0.4) is 0 Å². The molecule has 0 aliphatic heterocycles. The van der Waals surface area contributed by atoms with Crippen LogP contribution in [-0.4, -0.2) is 37.7 Å². The van der Waals surface area contributed by atoms with E-state index in [0.717, 1.165) is 49.0 Å². The molecule has 50 heavy (non-hydrogen) atoms. The molecular weight excluding hydrogens is 628 g/mol. The van der Waals surface area contributed by atoms with Gasteiger partial charge in [0.15, 0.2) is 0 Å². The molecule has 0 aliphatic carbocycles. The van der Waals surface area contributed by atoms with Crippen LogP contribution in [-0.2, 0) is 14.3 Å². The Bertz CT molecular complexity index is 1410. The van der Waals surface area contributed by atoms with Crippen molar-refractivity contribution in [2.45, 2.75) is 104 Å². The van der Waals surface area contributed by atoms with E-state index in [4.69, 9.17) is 18.9 Å². The second-order valence-electron chi connectivity index (χ2n) is 12.9. The summed E-state index contributed by atoms with van der Waals surface area (Å²) in [5.41, 5.74) is 2.88. The highest BCUT2D eigenvalue weighted by atomic mass is 16.5. The molecule has 3 aromatic rings. The molecule has 0 fully saturated rings. The smallest absolute Gasteiger partial charge is 0.343 e. The number of esters is 3. The summed E-state index contributed by atoms with van der Waals surface area (Å²) in [6.45, 7) is 9.11. The van der Waals surface area contributed by atoms with Crippen molar-refractivity contribution in [3.05, 3.63) is 96.6 Å². The van der Waals surface area contributed by atoms with E-state index in [1.807, 2.05) is 36.4 Å². The molecule has 270 valence electrons. The van der Waals surface area contributed by atoms with Crippen molar-refractivity contribution < 1.29 is 33.3 Å². The summed E-state index contributed by atoms with van der Waals surface area (Å²) in [4.78, 5) is 36.0. The molecule has 0 N–H and O–H groups in total. The van der Waals surface area contributed by atoms with Crippen LogP contribution in [0, 0.1) is 5.92 Å². The van der Waals surface area contributed by atoms with Gasteiger partial charge >= 0.3 is 17.9 Å². The van der Waals surface area contributed by atoms with Crippen molar-refractivity contribution in [1.82, 2.24) is 0 Å². The van der Waals surface area contributed by atoms with Crippen molar-refractivity contribution in [3.63, 3.8) is 0 Å². The molecule has 3 aromatic carbocycles. The van der Waals surface area contributed by atoms with E-state index in [2.05, 4.69) is 20.4 Å². The second-order valence-corrected chi connectivity index (χ2v) is 12.9. The number of carbonyl (C=O) groups is 3. The molecule has 0 bridgehead atoms. The van der Waals surface area contributed by atoms with Gasteiger partial charge in [-0.15, -0.1) is 0 Å². The summed E-state index contributed by atoms with van der Waals surface area (Å²) in [6, 6.07) is 21.7. The SMILES string of the molecule is C=CC(=O)OCCCCCCCCCCCCCCCOc1ccc(C(=O)Oc2ccc(-c3ccc(C(=O)OCC(C)CC)cc3)cc2)cc1. The van der Waals surface area contributed by atoms with E-state index in [-0.39, 0.29) is 11.9 Å². The molecule has 0 saturated heterocycles. The Hall–Kier alpha value is -4.39. The lowest BCUT2D eigenvalue weighted by atomic mass is 10.0. The van der Waals surface area contributed by atoms with E-state index < -0.39 is 5.97 Å². The zero-order chi connectivity index (χ0) is 35.8.